The minimum absolute atomic E-state index is 0.141. The zero-order valence-corrected chi connectivity index (χ0v) is 12.3. The van der Waals surface area contributed by atoms with Gasteiger partial charge in [0.25, 0.3) is 0 Å². The van der Waals surface area contributed by atoms with Gasteiger partial charge in [0.15, 0.2) is 0 Å². The lowest BCUT2D eigenvalue weighted by Gasteiger charge is -2.38. The van der Waals surface area contributed by atoms with E-state index in [2.05, 4.69) is 10.3 Å². The second kappa shape index (κ2) is 5.36. The summed E-state index contributed by atoms with van der Waals surface area (Å²) >= 11 is 0. The summed E-state index contributed by atoms with van der Waals surface area (Å²) < 4.78 is 5.20. The number of rotatable bonds is 5. The number of ether oxygens (including phenoxy) is 1. The normalized spacial score (nSPS) is 16.0. The van der Waals surface area contributed by atoms with E-state index in [0.717, 1.165) is 28.6 Å². The number of carboxylic acid groups (broad SMARTS) is 1. The molecule has 3 rings (SSSR count). The number of H-pyrrole nitrogens is 1. The minimum atomic E-state index is -1.07. The van der Waals surface area contributed by atoms with Crippen LogP contribution in [-0.4, -0.2) is 34.6 Å². The summed E-state index contributed by atoms with van der Waals surface area (Å²) in [5.74, 6) is -0.506. The predicted octanol–water partition coefficient (Wildman–Crippen LogP) is 1.84. The average Bonchev–Trinajstić information content (AvgIpc) is 2.84. The maximum Gasteiger partial charge on any atom is 0.329 e. The monoisotopic (exact) mass is 302 g/mol. The maximum absolute atomic E-state index is 12.2. The Morgan fingerprint density at radius 2 is 2.18 bits per heavy atom. The highest BCUT2D eigenvalue weighted by molar-refractivity contribution is 5.92. The van der Waals surface area contributed by atoms with Crippen LogP contribution in [0.3, 0.4) is 0 Å². The van der Waals surface area contributed by atoms with Gasteiger partial charge in [-0.2, -0.15) is 0 Å². The standard InChI is InChI=1S/C16H18N2O4/c1-22-11-3-4-13-12(8-11)10(9-17-13)7-14(19)18-16(15(20)21)5-2-6-16/h3-4,8-9,17H,2,5-7H2,1H3,(H,18,19)(H,20,21). The molecular formula is C16H18N2O4. The second-order valence-electron chi connectivity index (χ2n) is 5.69. The number of benzene rings is 1. The molecule has 6 nitrogen and oxygen atoms in total. The zero-order chi connectivity index (χ0) is 15.7. The first-order valence-electron chi connectivity index (χ1n) is 7.22. The number of nitrogens with one attached hydrogen (secondary N) is 2. The van der Waals surface area contributed by atoms with Crippen LogP contribution < -0.4 is 10.1 Å². The van der Waals surface area contributed by atoms with Gasteiger partial charge in [-0.1, -0.05) is 0 Å². The fraction of sp³-hybridized carbons (Fsp3) is 0.375. The molecule has 0 saturated heterocycles. The van der Waals surface area contributed by atoms with Crippen LogP contribution in [0.4, 0.5) is 0 Å². The van der Waals surface area contributed by atoms with Crippen molar-refractivity contribution in [1.82, 2.24) is 10.3 Å². The van der Waals surface area contributed by atoms with E-state index in [-0.39, 0.29) is 12.3 Å². The predicted molar refractivity (Wildman–Crippen MR) is 80.9 cm³/mol. The molecule has 2 aromatic rings. The third-order valence-electron chi connectivity index (χ3n) is 4.32. The summed E-state index contributed by atoms with van der Waals surface area (Å²) in [5.41, 5.74) is 0.674. The third kappa shape index (κ3) is 2.41. The summed E-state index contributed by atoms with van der Waals surface area (Å²) in [5, 5.41) is 12.8. The number of aromatic amines is 1. The molecule has 6 heteroatoms. The highest BCUT2D eigenvalue weighted by Gasteiger charge is 2.45. The van der Waals surface area contributed by atoms with Gasteiger partial charge < -0.3 is 20.1 Å². The number of fused-ring (bicyclic) bond motifs is 1. The van der Waals surface area contributed by atoms with Crippen molar-refractivity contribution in [3.05, 3.63) is 30.0 Å². The minimum Gasteiger partial charge on any atom is -0.497 e. The smallest absolute Gasteiger partial charge is 0.329 e. The Morgan fingerprint density at radius 3 is 2.77 bits per heavy atom. The van der Waals surface area contributed by atoms with Gasteiger partial charge in [-0.25, -0.2) is 4.79 Å². The van der Waals surface area contributed by atoms with Crippen LogP contribution in [0.15, 0.2) is 24.4 Å². The molecule has 1 aliphatic carbocycles. The molecule has 0 spiro atoms. The first-order chi connectivity index (χ1) is 10.5. The highest BCUT2D eigenvalue weighted by Crippen LogP contribution is 2.32. The number of amides is 1. The van der Waals surface area contributed by atoms with Crippen LogP contribution in [-0.2, 0) is 16.0 Å². The van der Waals surface area contributed by atoms with Crippen molar-refractivity contribution in [2.75, 3.05) is 7.11 Å². The highest BCUT2D eigenvalue weighted by atomic mass is 16.5. The molecule has 3 N–H and O–H groups in total. The number of aliphatic carboxylic acids is 1. The fourth-order valence-corrected chi connectivity index (χ4v) is 2.84. The second-order valence-corrected chi connectivity index (χ2v) is 5.69. The van der Waals surface area contributed by atoms with E-state index in [1.807, 2.05) is 18.2 Å². The molecule has 0 unspecified atom stereocenters. The van der Waals surface area contributed by atoms with E-state index in [1.54, 1.807) is 13.3 Å². The number of aromatic nitrogens is 1. The molecule has 0 aliphatic heterocycles. The number of hydrogen-bond donors (Lipinski definition) is 3. The molecule has 0 bridgehead atoms. The first-order valence-corrected chi connectivity index (χ1v) is 7.22. The molecule has 0 atom stereocenters. The number of carboxylic acids is 1. The van der Waals surface area contributed by atoms with Gasteiger partial charge in [-0.05, 0) is 43.0 Å². The lowest BCUT2D eigenvalue weighted by atomic mass is 9.76. The molecule has 0 radical (unpaired) electrons. The van der Waals surface area contributed by atoms with Crippen molar-refractivity contribution >= 4 is 22.8 Å². The number of carbonyl (C=O) groups is 2. The Labute approximate surface area is 127 Å². The summed E-state index contributed by atoms with van der Waals surface area (Å²) in [6.45, 7) is 0. The Kier molecular flexibility index (Phi) is 3.52. The molecule has 116 valence electrons. The molecule has 22 heavy (non-hydrogen) atoms. The molecule has 1 aromatic heterocycles. The topological polar surface area (TPSA) is 91.4 Å². The summed E-state index contributed by atoms with van der Waals surface area (Å²) in [4.78, 5) is 26.6. The fourth-order valence-electron chi connectivity index (χ4n) is 2.84. The van der Waals surface area contributed by atoms with Crippen LogP contribution in [0.1, 0.15) is 24.8 Å². The first kappa shape index (κ1) is 14.4. The molecule has 1 aromatic carbocycles. The number of carbonyl (C=O) groups excluding carboxylic acids is 1. The molecule has 1 amide bonds. The van der Waals surface area contributed by atoms with E-state index < -0.39 is 11.5 Å². The summed E-state index contributed by atoms with van der Waals surface area (Å²) in [6, 6.07) is 5.60. The van der Waals surface area contributed by atoms with E-state index >= 15 is 0 Å². The SMILES string of the molecule is COc1ccc2[nH]cc(CC(=O)NC3(C(=O)O)CCC3)c2c1. The van der Waals surface area contributed by atoms with Crippen LogP contribution in [0.5, 0.6) is 5.75 Å². The van der Waals surface area contributed by atoms with Crippen molar-refractivity contribution in [3.8, 4) is 5.75 Å². The van der Waals surface area contributed by atoms with Gasteiger partial charge >= 0.3 is 5.97 Å². The quantitative estimate of drug-likeness (QED) is 0.786. The Hall–Kier alpha value is -2.50. The summed E-state index contributed by atoms with van der Waals surface area (Å²) in [6.07, 6.45) is 3.74. The molecule has 1 saturated carbocycles. The van der Waals surface area contributed by atoms with Crippen molar-refractivity contribution < 1.29 is 19.4 Å². The van der Waals surface area contributed by atoms with Gasteiger partial charge in [0.1, 0.15) is 11.3 Å². The molecule has 1 aliphatic rings. The molecule has 1 heterocycles. The molecule has 1 fully saturated rings. The van der Waals surface area contributed by atoms with Crippen molar-refractivity contribution in [2.24, 2.45) is 0 Å². The number of hydrogen-bond acceptors (Lipinski definition) is 3. The van der Waals surface area contributed by atoms with Crippen LogP contribution >= 0.6 is 0 Å². The Balaban J connectivity index is 1.78. The van der Waals surface area contributed by atoms with Gasteiger partial charge in [0.05, 0.1) is 13.5 Å². The van der Waals surface area contributed by atoms with Crippen molar-refractivity contribution in [1.29, 1.82) is 0 Å². The van der Waals surface area contributed by atoms with Gasteiger partial charge in [0.2, 0.25) is 5.91 Å². The van der Waals surface area contributed by atoms with Crippen molar-refractivity contribution in [2.45, 2.75) is 31.2 Å². The third-order valence-corrected chi connectivity index (χ3v) is 4.32. The molecular weight excluding hydrogens is 284 g/mol. The van der Waals surface area contributed by atoms with E-state index in [4.69, 9.17) is 4.74 Å². The van der Waals surface area contributed by atoms with E-state index in [1.165, 1.54) is 0 Å². The average molecular weight is 302 g/mol. The zero-order valence-electron chi connectivity index (χ0n) is 12.3. The van der Waals surface area contributed by atoms with Gasteiger partial charge in [0, 0.05) is 17.1 Å². The van der Waals surface area contributed by atoms with Crippen LogP contribution in [0.2, 0.25) is 0 Å². The number of methoxy groups -OCH3 is 1. The van der Waals surface area contributed by atoms with Crippen molar-refractivity contribution in [3.63, 3.8) is 0 Å². The lowest BCUT2D eigenvalue weighted by molar-refractivity contribution is -0.151. The maximum atomic E-state index is 12.2. The lowest BCUT2D eigenvalue weighted by Crippen LogP contribution is -2.59. The van der Waals surface area contributed by atoms with E-state index in [0.29, 0.717) is 12.8 Å². The van der Waals surface area contributed by atoms with Gasteiger partial charge in [-0.15, -0.1) is 0 Å². The largest absolute Gasteiger partial charge is 0.497 e. The van der Waals surface area contributed by atoms with Gasteiger partial charge in [-0.3, -0.25) is 4.79 Å². The Morgan fingerprint density at radius 1 is 1.41 bits per heavy atom. The Bertz CT molecular complexity index is 731. The van der Waals surface area contributed by atoms with E-state index in [9.17, 15) is 14.7 Å². The van der Waals surface area contributed by atoms with Crippen LogP contribution in [0.25, 0.3) is 10.9 Å². The summed E-state index contributed by atoms with van der Waals surface area (Å²) in [7, 11) is 1.59. The van der Waals surface area contributed by atoms with Crippen LogP contribution in [0, 0.1) is 0 Å².